The summed E-state index contributed by atoms with van der Waals surface area (Å²) in [6, 6.07) is 5.61. The summed E-state index contributed by atoms with van der Waals surface area (Å²) >= 11 is 7.74. The Morgan fingerprint density at radius 3 is 2.65 bits per heavy atom. The third-order valence-corrected chi connectivity index (χ3v) is 4.42. The zero-order chi connectivity index (χ0) is 15.0. The summed E-state index contributed by atoms with van der Waals surface area (Å²) in [4.78, 5) is 14.2. The van der Waals surface area contributed by atoms with E-state index >= 15 is 0 Å². The summed E-state index contributed by atoms with van der Waals surface area (Å²) in [6.07, 6.45) is 0. The van der Waals surface area contributed by atoms with Gasteiger partial charge in [0, 0.05) is 12.3 Å². The average Bonchev–Trinajstić information content (AvgIpc) is 2.43. The van der Waals surface area contributed by atoms with E-state index in [0.29, 0.717) is 10.8 Å². The zero-order valence-corrected chi connectivity index (χ0v) is 14.0. The molecular formula is C15H23ClN2OS. The number of thioether (sulfide) groups is 1. The van der Waals surface area contributed by atoms with E-state index in [9.17, 15) is 4.79 Å². The summed E-state index contributed by atoms with van der Waals surface area (Å²) in [7, 11) is 0. The van der Waals surface area contributed by atoms with Gasteiger partial charge in [0.25, 0.3) is 0 Å². The Balaban J connectivity index is 2.34. The maximum atomic E-state index is 11.9. The predicted octanol–water partition coefficient (Wildman–Crippen LogP) is 3.66. The quantitative estimate of drug-likeness (QED) is 0.743. The van der Waals surface area contributed by atoms with Crippen LogP contribution in [0.5, 0.6) is 0 Å². The first kappa shape index (κ1) is 17.3. The molecule has 0 spiro atoms. The Kier molecular flexibility index (Phi) is 8.04. The number of rotatable bonds is 8. The van der Waals surface area contributed by atoms with Crippen molar-refractivity contribution in [3.8, 4) is 0 Å². The molecule has 5 heteroatoms. The molecule has 20 heavy (non-hydrogen) atoms. The third-order valence-electron chi connectivity index (χ3n) is 3.17. The summed E-state index contributed by atoms with van der Waals surface area (Å²) in [5.74, 6) is 1.44. The molecule has 1 N–H and O–H groups in total. The number of hydrogen-bond donors (Lipinski definition) is 1. The molecule has 0 atom stereocenters. The van der Waals surface area contributed by atoms with Gasteiger partial charge in [-0.1, -0.05) is 37.6 Å². The fourth-order valence-electron chi connectivity index (χ4n) is 1.86. The molecule has 0 heterocycles. The molecule has 0 bridgehead atoms. The topological polar surface area (TPSA) is 32.3 Å². The van der Waals surface area contributed by atoms with Crippen molar-refractivity contribution in [2.24, 2.45) is 0 Å². The van der Waals surface area contributed by atoms with Crippen LogP contribution in [0, 0.1) is 6.92 Å². The lowest BCUT2D eigenvalue weighted by atomic mass is 10.2. The number of carbonyl (C=O) groups is 1. The molecular weight excluding hydrogens is 292 g/mol. The minimum Gasteiger partial charge on any atom is -0.324 e. The summed E-state index contributed by atoms with van der Waals surface area (Å²) in [5, 5.41) is 3.48. The Morgan fingerprint density at radius 2 is 2.05 bits per heavy atom. The molecule has 1 amide bonds. The van der Waals surface area contributed by atoms with Gasteiger partial charge in [-0.25, -0.2) is 0 Å². The molecule has 1 rings (SSSR count). The molecule has 0 fully saturated rings. The molecule has 0 radical (unpaired) electrons. The predicted molar refractivity (Wildman–Crippen MR) is 89.9 cm³/mol. The van der Waals surface area contributed by atoms with Crippen molar-refractivity contribution in [2.45, 2.75) is 20.8 Å². The number of aryl methyl sites for hydroxylation is 1. The zero-order valence-electron chi connectivity index (χ0n) is 12.4. The van der Waals surface area contributed by atoms with Crippen molar-refractivity contribution in [1.29, 1.82) is 0 Å². The molecule has 1 aromatic carbocycles. The van der Waals surface area contributed by atoms with E-state index in [4.69, 9.17) is 11.6 Å². The van der Waals surface area contributed by atoms with Gasteiger partial charge in [0.2, 0.25) is 5.91 Å². The van der Waals surface area contributed by atoms with Gasteiger partial charge in [-0.3, -0.25) is 4.79 Å². The fraction of sp³-hybridized carbons (Fsp3) is 0.533. The van der Waals surface area contributed by atoms with Crippen LogP contribution >= 0.6 is 23.4 Å². The standard InChI is InChI=1S/C15H23ClN2OS/c1-4-18(5-2)9-10-20-11-14(19)17-15-12(3)7-6-8-13(15)16/h6-8H,4-5,9-11H2,1-3H3,(H,17,19). The number of benzene rings is 1. The first-order valence-electron chi connectivity index (χ1n) is 6.93. The fourth-order valence-corrected chi connectivity index (χ4v) is 2.92. The SMILES string of the molecule is CCN(CC)CCSCC(=O)Nc1c(C)cccc1Cl. The monoisotopic (exact) mass is 314 g/mol. The van der Waals surface area contributed by atoms with E-state index in [-0.39, 0.29) is 5.91 Å². The van der Waals surface area contributed by atoms with E-state index in [1.54, 1.807) is 17.8 Å². The maximum absolute atomic E-state index is 11.9. The van der Waals surface area contributed by atoms with Crippen LogP contribution in [-0.4, -0.2) is 41.9 Å². The number of anilines is 1. The lowest BCUT2D eigenvalue weighted by molar-refractivity contribution is -0.113. The van der Waals surface area contributed by atoms with Crippen LogP contribution in [-0.2, 0) is 4.79 Å². The minimum absolute atomic E-state index is 0.00532. The minimum atomic E-state index is 0.00532. The van der Waals surface area contributed by atoms with Gasteiger partial charge >= 0.3 is 0 Å². The van der Waals surface area contributed by atoms with Crippen LogP contribution in [0.2, 0.25) is 5.02 Å². The summed E-state index contributed by atoms with van der Waals surface area (Å²) < 4.78 is 0. The van der Waals surface area contributed by atoms with Crippen LogP contribution < -0.4 is 5.32 Å². The third kappa shape index (κ3) is 5.73. The first-order valence-corrected chi connectivity index (χ1v) is 8.46. The maximum Gasteiger partial charge on any atom is 0.234 e. The van der Waals surface area contributed by atoms with Gasteiger partial charge in [0.05, 0.1) is 16.5 Å². The molecule has 0 aliphatic heterocycles. The smallest absolute Gasteiger partial charge is 0.234 e. The number of carbonyl (C=O) groups excluding carboxylic acids is 1. The molecule has 3 nitrogen and oxygen atoms in total. The van der Waals surface area contributed by atoms with E-state index in [0.717, 1.165) is 36.6 Å². The molecule has 0 saturated carbocycles. The molecule has 0 unspecified atom stereocenters. The second kappa shape index (κ2) is 9.27. The van der Waals surface area contributed by atoms with Crippen LogP contribution in [0.4, 0.5) is 5.69 Å². The average molecular weight is 315 g/mol. The van der Waals surface area contributed by atoms with E-state index in [1.807, 2.05) is 19.1 Å². The van der Waals surface area contributed by atoms with Crippen molar-refractivity contribution >= 4 is 35.0 Å². The van der Waals surface area contributed by atoms with Gasteiger partial charge < -0.3 is 10.2 Å². The Morgan fingerprint density at radius 1 is 1.35 bits per heavy atom. The molecule has 112 valence electrons. The van der Waals surface area contributed by atoms with E-state index in [2.05, 4.69) is 24.1 Å². The Bertz CT molecular complexity index is 416. The molecule has 1 aromatic rings. The lowest BCUT2D eigenvalue weighted by Gasteiger charge is -2.17. The van der Waals surface area contributed by atoms with Crippen molar-refractivity contribution in [1.82, 2.24) is 4.90 Å². The molecule has 0 aromatic heterocycles. The van der Waals surface area contributed by atoms with Gasteiger partial charge in [-0.15, -0.1) is 0 Å². The van der Waals surface area contributed by atoms with Crippen LogP contribution in [0.15, 0.2) is 18.2 Å². The lowest BCUT2D eigenvalue weighted by Crippen LogP contribution is -2.26. The van der Waals surface area contributed by atoms with Crippen molar-refractivity contribution < 1.29 is 4.79 Å². The van der Waals surface area contributed by atoms with Crippen molar-refractivity contribution in [2.75, 3.05) is 36.5 Å². The van der Waals surface area contributed by atoms with Crippen LogP contribution in [0.3, 0.4) is 0 Å². The highest BCUT2D eigenvalue weighted by Gasteiger charge is 2.08. The first-order chi connectivity index (χ1) is 9.58. The highest BCUT2D eigenvalue weighted by molar-refractivity contribution is 7.99. The number of halogens is 1. The Labute approximate surface area is 131 Å². The number of nitrogens with zero attached hydrogens (tertiary/aromatic N) is 1. The molecule has 0 aliphatic carbocycles. The molecule has 0 saturated heterocycles. The van der Waals surface area contributed by atoms with Gasteiger partial charge in [0.1, 0.15) is 0 Å². The van der Waals surface area contributed by atoms with Gasteiger partial charge in [-0.05, 0) is 31.6 Å². The number of hydrogen-bond acceptors (Lipinski definition) is 3. The molecule has 0 aliphatic rings. The normalized spacial score (nSPS) is 10.8. The number of nitrogens with one attached hydrogen (secondary N) is 1. The van der Waals surface area contributed by atoms with Gasteiger partial charge in [0.15, 0.2) is 0 Å². The van der Waals surface area contributed by atoms with Crippen LogP contribution in [0.1, 0.15) is 19.4 Å². The number of para-hydroxylation sites is 1. The second-order valence-corrected chi connectivity index (χ2v) is 6.07. The highest BCUT2D eigenvalue weighted by atomic mass is 35.5. The number of amides is 1. The van der Waals surface area contributed by atoms with Gasteiger partial charge in [-0.2, -0.15) is 11.8 Å². The second-order valence-electron chi connectivity index (χ2n) is 4.56. The summed E-state index contributed by atoms with van der Waals surface area (Å²) in [5.41, 5.74) is 1.71. The van der Waals surface area contributed by atoms with Crippen LogP contribution in [0.25, 0.3) is 0 Å². The summed E-state index contributed by atoms with van der Waals surface area (Å²) in [6.45, 7) is 9.39. The largest absolute Gasteiger partial charge is 0.324 e. The Hall–Kier alpha value is -0.710. The van der Waals surface area contributed by atoms with Crippen molar-refractivity contribution in [3.63, 3.8) is 0 Å². The van der Waals surface area contributed by atoms with E-state index in [1.165, 1.54) is 0 Å². The van der Waals surface area contributed by atoms with Crippen molar-refractivity contribution in [3.05, 3.63) is 28.8 Å². The highest BCUT2D eigenvalue weighted by Crippen LogP contribution is 2.25. The van der Waals surface area contributed by atoms with E-state index < -0.39 is 0 Å².